The van der Waals surface area contributed by atoms with E-state index < -0.39 is 57.6 Å². The molecule has 0 spiro atoms. The van der Waals surface area contributed by atoms with Crippen LogP contribution >= 0.6 is 0 Å². The number of anilines is 2. The Balaban J connectivity index is 1.49. The lowest BCUT2D eigenvalue weighted by atomic mass is 10.0. The second-order valence-electron chi connectivity index (χ2n) is 9.65. The lowest BCUT2D eigenvalue weighted by molar-refractivity contribution is 0.102. The second-order valence-corrected chi connectivity index (χ2v) is 10.5. The maximum atomic E-state index is 14.8. The number of nitrogens with zero attached hydrogens (tertiary/aromatic N) is 3. The maximum Gasteiger partial charge on any atom is 0.274 e. The van der Waals surface area contributed by atoms with Crippen molar-refractivity contribution in [3.8, 4) is 11.3 Å². The van der Waals surface area contributed by atoms with Crippen molar-refractivity contribution in [2.75, 3.05) is 23.3 Å². The van der Waals surface area contributed by atoms with Gasteiger partial charge in [-0.05, 0) is 55.5 Å². The Morgan fingerprint density at radius 3 is 2.64 bits per heavy atom. The molecule has 39 heavy (non-hydrogen) atoms. The quantitative estimate of drug-likeness (QED) is 0.390. The van der Waals surface area contributed by atoms with Crippen molar-refractivity contribution >= 4 is 28.4 Å². The number of benzene rings is 1. The van der Waals surface area contributed by atoms with Crippen molar-refractivity contribution in [2.24, 2.45) is 5.73 Å². The Labute approximate surface area is 224 Å². The minimum atomic E-state index is -2.58. The molecule has 1 saturated heterocycles. The predicted molar refractivity (Wildman–Crippen MR) is 137 cm³/mol. The summed E-state index contributed by atoms with van der Waals surface area (Å²) in [7, 11) is 0. The van der Waals surface area contributed by atoms with Crippen molar-refractivity contribution in [1.29, 1.82) is 0 Å². The Morgan fingerprint density at radius 1 is 1.21 bits per heavy atom. The summed E-state index contributed by atoms with van der Waals surface area (Å²) in [6.45, 7) is 1.24. The molecule has 1 aromatic carbocycles. The molecular formula is C26H25F3N5O4S-. The maximum absolute atomic E-state index is 14.8. The number of pyridine rings is 2. The third kappa shape index (κ3) is 5.53. The van der Waals surface area contributed by atoms with E-state index in [-0.39, 0.29) is 17.3 Å². The highest BCUT2D eigenvalue weighted by molar-refractivity contribution is 7.78. The van der Waals surface area contributed by atoms with Gasteiger partial charge < -0.3 is 25.6 Å². The molecule has 9 nitrogen and oxygen atoms in total. The van der Waals surface area contributed by atoms with E-state index in [9.17, 15) is 31.8 Å². The molecule has 3 aromatic rings. The summed E-state index contributed by atoms with van der Waals surface area (Å²) in [5, 5.41) is 13.1. The van der Waals surface area contributed by atoms with Gasteiger partial charge in [0.2, 0.25) is 0 Å². The molecule has 2 aromatic heterocycles. The minimum absolute atomic E-state index is 0.0661. The number of hydrogen-bond donors (Lipinski definition) is 3. The van der Waals surface area contributed by atoms with Crippen LogP contribution in [0.3, 0.4) is 0 Å². The van der Waals surface area contributed by atoms with Gasteiger partial charge in [-0.15, -0.1) is 0 Å². The molecule has 3 atom stereocenters. The molecule has 13 heteroatoms. The van der Waals surface area contributed by atoms with Crippen LogP contribution in [0.4, 0.5) is 24.5 Å². The van der Waals surface area contributed by atoms with Crippen LogP contribution in [0.2, 0.25) is 0 Å². The normalized spacial score (nSPS) is 19.6. The van der Waals surface area contributed by atoms with Gasteiger partial charge in [0.15, 0.2) is 0 Å². The highest BCUT2D eigenvalue weighted by atomic mass is 32.2. The molecule has 206 valence electrons. The van der Waals surface area contributed by atoms with Crippen LogP contribution in [0.15, 0.2) is 30.5 Å². The molecule has 1 fully saturated rings. The van der Waals surface area contributed by atoms with Gasteiger partial charge in [-0.3, -0.25) is 14.0 Å². The average molecular weight is 561 g/mol. The summed E-state index contributed by atoms with van der Waals surface area (Å²) in [4.78, 5) is 23.5. The smallest absolute Gasteiger partial charge is 0.274 e. The summed E-state index contributed by atoms with van der Waals surface area (Å²) in [6, 6.07) is 3.45. The van der Waals surface area contributed by atoms with Crippen LogP contribution in [-0.2, 0) is 23.3 Å². The molecule has 1 unspecified atom stereocenters. The van der Waals surface area contributed by atoms with E-state index in [4.69, 9.17) is 5.73 Å². The summed E-state index contributed by atoms with van der Waals surface area (Å²) in [5.41, 5.74) is 6.57. The highest BCUT2D eigenvalue weighted by Gasteiger charge is 2.31. The third-order valence-corrected chi connectivity index (χ3v) is 7.46. The zero-order valence-electron chi connectivity index (χ0n) is 20.6. The molecule has 4 N–H and O–H groups in total. The predicted octanol–water partition coefficient (Wildman–Crippen LogP) is 3.10. The molecular weight excluding hydrogens is 535 g/mol. The van der Waals surface area contributed by atoms with Gasteiger partial charge in [-0.1, -0.05) is 11.1 Å². The fraction of sp³-hybridized carbons (Fsp3) is 0.346. The number of nitrogens with two attached hydrogens (primary N) is 1. The SMILES string of the molecule is N[C@H]1CCCN(c2c(NC(=O)c3ccc(F)c(-c4c(F)cc(CS(=O)[O-])cc4F)n3)cnc3c2CC[C@H]3O)C1. The number of hydrogen-bond acceptors (Lipinski definition) is 8. The Hall–Kier alpha value is -3.39. The first kappa shape index (κ1) is 27.2. The molecule has 2 aliphatic rings. The van der Waals surface area contributed by atoms with Gasteiger partial charge in [0.25, 0.3) is 5.91 Å². The van der Waals surface area contributed by atoms with Crippen LogP contribution in [0, 0.1) is 17.5 Å². The first-order chi connectivity index (χ1) is 18.6. The lowest BCUT2D eigenvalue weighted by Crippen LogP contribution is -2.43. The standard InChI is InChI=1S/C26H26F3N5O4S/c27-16-4-5-19(32-24(16)22-17(28)8-13(9-18(22)29)12-39(37)38)26(36)33-20-10-31-23-15(3-6-21(23)35)25(20)34-7-1-2-14(30)11-34/h4-5,8-10,14,21,35H,1-3,6-7,11-12,30H2,(H,33,36)(H,37,38)/p-1/t14-,21+/m0/s1. The van der Waals surface area contributed by atoms with Crippen molar-refractivity contribution in [2.45, 2.75) is 43.6 Å². The highest BCUT2D eigenvalue weighted by Crippen LogP contribution is 2.41. The van der Waals surface area contributed by atoms with Crippen LogP contribution < -0.4 is 16.0 Å². The van der Waals surface area contributed by atoms with Gasteiger partial charge in [0.1, 0.15) is 28.8 Å². The van der Waals surface area contributed by atoms with E-state index in [1.807, 2.05) is 4.90 Å². The fourth-order valence-corrected chi connectivity index (χ4v) is 5.61. The average Bonchev–Trinajstić information content (AvgIpc) is 3.24. The summed E-state index contributed by atoms with van der Waals surface area (Å²) < 4.78 is 66.0. The lowest BCUT2D eigenvalue weighted by Gasteiger charge is -2.35. The monoisotopic (exact) mass is 560 g/mol. The number of nitrogens with one attached hydrogen (secondary N) is 1. The van der Waals surface area contributed by atoms with Crippen LogP contribution in [0.1, 0.15) is 52.7 Å². The fourth-order valence-electron chi connectivity index (χ4n) is 5.18. The molecule has 0 radical (unpaired) electrons. The number of aliphatic hydroxyl groups excluding tert-OH is 1. The van der Waals surface area contributed by atoms with E-state index in [1.165, 1.54) is 6.20 Å². The summed E-state index contributed by atoms with van der Waals surface area (Å²) in [6.07, 6.45) is 3.48. The van der Waals surface area contributed by atoms with E-state index in [1.54, 1.807) is 0 Å². The molecule has 1 amide bonds. The zero-order chi connectivity index (χ0) is 27.8. The summed E-state index contributed by atoms with van der Waals surface area (Å²) in [5.74, 6) is -4.89. The molecule has 3 heterocycles. The van der Waals surface area contributed by atoms with Crippen LogP contribution in [0.5, 0.6) is 0 Å². The van der Waals surface area contributed by atoms with E-state index >= 15 is 0 Å². The second kappa shape index (κ2) is 11.0. The van der Waals surface area contributed by atoms with Gasteiger partial charge in [0.05, 0.1) is 34.9 Å². The first-order valence-electron chi connectivity index (χ1n) is 12.3. The van der Waals surface area contributed by atoms with Crippen LogP contribution in [0.25, 0.3) is 11.3 Å². The molecule has 0 bridgehead atoms. The Morgan fingerprint density at radius 2 is 1.95 bits per heavy atom. The van der Waals surface area contributed by atoms with Gasteiger partial charge in [-0.25, -0.2) is 18.2 Å². The van der Waals surface area contributed by atoms with Gasteiger partial charge in [-0.2, -0.15) is 0 Å². The van der Waals surface area contributed by atoms with Crippen molar-refractivity contribution < 1.29 is 31.8 Å². The minimum Gasteiger partial charge on any atom is -0.772 e. The van der Waals surface area contributed by atoms with Crippen molar-refractivity contribution in [1.82, 2.24) is 9.97 Å². The number of rotatable bonds is 6. The Bertz CT molecular complexity index is 1450. The molecule has 0 saturated carbocycles. The first-order valence-corrected chi connectivity index (χ1v) is 13.6. The van der Waals surface area contributed by atoms with E-state index in [2.05, 4.69) is 15.3 Å². The number of fused-ring (bicyclic) bond motifs is 1. The van der Waals surface area contributed by atoms with E-state index in [0.717, 1.165) is 42.7 Å². The van der Waals surface area contributed by atoms with Gasteiger partial charge in [0, 0.05) is 30.4 Å². The van der Waals surface area contributed by atoms with E-state index in [0.29, 0.717) is 43.0 Å². The largest absolute Gasteiger partial charge is 0.772 e. The molecule has 1 aliphatic heterocycles. The van der Waals surface area contributed by atoms with Crippen molar-refractivity contribution in [3.63, 3.8) is 0 Å². The zero-order valence-corrected chi connectivity index (χ0v) is 21.4. The third-order valence-electron chi connectivity index (χ3n) is 6.89. The number of halogens is 3. The van der Waals surface area contributed by atoms with Gasteiger partial charge >= 0.3 is 0 Å². The topological polar surface area (TPSA) is 144 Å². The molecule has 1 aliphatic carbocycles. The number of carbonyl (C=O) groups is 1. The number of aromatic nitrogens is 2. The van der Waals surface area contributed by atoms with Crippen molar-refractivity contribution in [3.05, 3.63) is 70.4 Å². The number of piperidine rings is 1. The Kier molecular flexibility index (Phi) is 7.67. The number of amides is 1. The molecule has 5 rings (SSSR count). The number of aliphatic hydroxyl groups is 1. The number of carbonyl (C=O) groups excluding carboxylic acids is 1. The van der Waals surface area contributed by atoms with Crippen LogP contribution in [-0.4, -0.2) is 48.9 Å². The summed E-state index contributed by atoms with van der Waals surface area (Å²) >= 11 is -2.58.